The van der Waals surface area contributed by atoms with Crippen molar-refractivity contribution in [1.82, 2.24) is 5.32 Å². The molecule has 6 heteroatoms. The van der Waals surface area contributed by atoms with E-state index in [1.165, 1.54) is 5.69 Å². The third-order valence-electron chi connectivity index (χ3n) is 4.93. The van der Waals surface area contributed by atoms with Gasteiger partial charge in [0.05, 0.1) is 14.2 Å². The molecule has 2 aromatic rings. The number of methoxy groups -OCH3 is 2. The van der Waals surface area contributed by atoms with E-state index >= 15 is 0 Å². The number of carbonyl (C=O) groups excluding carboxylic acids is 1. The molecular weight excluding hydrogens is 342 g/mol. The fourth-order valence-corrected chi connectivity index (χ4v) is 3.38. The first-order valence-corrected chi connectivity index (χ1v) is 9.21. The molecule has 27 heavy (non-hydrogen) atoms. The standard InChI is InChI=1S/C21H27N3O3/c1-15-13-19(26-2)20(27-3)14-18(15)23-21(25)22-16-9-11-24(12-10-16)17-7-5-4-6-8-17/h4-8,13-14,16H,9-12H2,1-3H3,(H2,22,23,25). The van der Waals surface area contributed by atoms with Crippen molar-refractivity contribution in [2.75, 3.05) is 37.5 Å². The lowest BCUT2D eigenvalue weighted by Crippen LogP contribution is -2.46. The van der Waals surface area contributed by atoms with Gasteiger partial charge in [-0.1, -0.05) is 18.2 Å². The number of ether oxygens (including phenoxy) is 2. The van der Waals surface area contributed by atoms with Crippen molar-refractivity contribution in [2.45, 2.75) is 25.8 Å². The summed E-state index contributed by atoms with van der Waals surface area (Å²) < 4.78 is 10.6. The fraction of sp³-hybridized carbons (Fsp3) is 0.381. The van der Waals surface area contributed by atoms with E-state index in [4.69, 9.17) is 9.47 Å². The van der Waals surface area contributed by atoms with E-state index in [0.717, 1.165) is 31.5 Å². The van der Waals surface area contributed by atoms with Gasteiger partial charge in [-0.15, -0.1) is 0 Å². The highest BCUT2D eigenvalue weighted by Gasteiger charge is 2.21. The normalized spacial score (nSPS) is 14.6. The van der Waals surface area contributed by atoms with E-state index in [1.807, 2.05) is 19.1 Å². The van der Waals surface area contributed by atoms with Gasteiger partial charge in [-0.3, -0.25) is 0 Å². The molecule has 6 nitrogen and oxygen atoms in total. The van der Waals surface area contributed by atoms with E-state index in [1.54, 1.807) is 20.3 Å². The average Bonchev–Trinajstić information content (AvgIpc) is 2.70. The van der Waals surface area contributed by atoms with Gasteiger partial charge in [0.1, 0.15) is 0 Å². The zero-order chi connectivity index (χ0) is 19.2. The molecule has 1 saturated heterocycles. The Hall–Kier alpha value is -2.89. The van der Waals surface area contributed by atoms with Gasteiger partial charge < -0.3 is 25.0 Å². The highest BCUT2D eigenvalue weighted by atomic mass is 16.5. The number of nitrogens with zero attached hydrogens (tertiary/aromatic N) is 1. The maximum absolute atomic E-state index is 12.4. The fourth-order valence-electron chi connectivity index (χ4n) is 3.38. The molecule has 0 spiro atoms. The van der Waals surface area contributed by atoms with Crippen molar-refractivity contribution >= 4 is 17.4 Å². The summed E-state index contributed by atoms with van der Waals surface area (Å²) in [5.74, 6) is 1.24. The van der Waals surface area contributed by atoms with Gasteiger partial charge in [0.2, 0.25) is 0 Å². The van der Waals surface area contributed by atoms with Gasteiger partial charge in [0, 0.05) is 36.6 Å². The Balaban J connectivity index is 1.55. The number of benzene rings is 2. The van der Waals surface area contributed by atoms with Crippen LogP contribution >= 0.6 is 0 Å². The molecule has 1 aliphatic rings. The van der Waals surface area contributed by atoms with Crippen molar-refractivity contribution in [1.29, 1.82) is 0 Å². The monoisotopic (exact) mass is 369 g/mol. The van der Waals surface area contributed by atoms with E-state index in [-0.39, 0.29) is 12.1 Å². The Bertz CT molecular complexity index is 772. The summed E-state index contributed by atoms with van der Waals surface area (Å²) in [7, 11) is 3.18. The number of nitrogens with one attached hydrogen (secondary N) is 2. The SMILES string of the molecule is COc1cc(C)c(NC(=O)NC2CCN(c3ccccc3)CC2)cc1OC. The molecule has 1 aliphatic heterocycles. The van der Waals surface area contributed by atoms with Crippen LogP contribution < -0.4 is 25.0 Å². The number of piperidine rings is 1. The number of rotatable bonds is 5. The van der Waals surface area contributed by atoms with Gasteiger partial charge in [-0.05, 0) is 43.5 Å². The highest BCUT2D eigenvalue weighted by Crippen LogP contribution is 2.32. The molecule has 3 rings (SSSR count). The molecule has 0 saturated carbocycles. The van der Waals surface area contributed by atoms with Crippen LogP contribution in [0, 0.1) is 6.92 Å². The number of hydrogen-bond acceptors (Lipinski definition) is 4. The maximum atomic E-state index is 12.4. The van der Waals surface area contributed by atoms with Crippen molar-refractivity contribution < 1.29 is 14.3 Å². The molecule has 1 fully saturated rings. The Labute approximate surface area is 160 Å². The number of anilines is 2. The van der Waals surface area contributed by atoms with Crippen LogP contribution in [0.5, 0.6) is 11.5 Å². The molecule has 0 aromatic heterocycles. The largest absolute Gasteiger partial charge is 0.493 e. The minimum atomic E-state index is -0.191. The molecule has 0 bridgehead atoms. The lowest BCUT2D eigenvalue weighted by Gasteiger charge is -2.34. The lowest BCUT2D eigenvalue weighted by atomic mass is 10.0. The molecule has 2 aromatic carbocycles. The number of urea groups is 1. The van der Waals surface area contributed by atoms with Crippen molar-refractivity contribution in [2.24, 2.45) is 0 Å². The summed E-state index contributed by atoms with van der Waals surface area (Å²) in [5, 5.41) is 6.01. The molecule has 0 radical (unpaired) electrons. The first-order chi connectivity index (χ1) is 13.1. The van der Waals surface area contributed by atoms with E-state index in [2.05, 4.69) is 39.8 Å². The summed E-state index contributed by atoms with van der Waals surface area (Å²) in [5.41, 5.74) is 2.87. The van der Waals surface area contributed by atoms with Crippen LogP contribution in [-0.2, 0) is 0 Å². The molecule has 0 aliphatic carbocycles. The Kier molecular flexibility index (Phi) is 6.06. The second-order valence-electron chi connectivity index (χ2n) is 6.72. The van der Waals surface area contributed by atoms with Crippen LogP contribution in [0.2, 0.25) is 0 Å². The zero-order valence-electron chi connectivity index (χ0n) is 16.1. The van der Waals surface area contributed by atoms with Crippen molar-refractivity contribution in [3.8, 4) is 11.5 Å². The van der Waals surface area contributed by atoms with Crippen LogP contribution in [0.15, 0.2) is 42.5 Å². The van der Waals surface area contributed by atoms with Crippen LogP contribution in [0.1, 0.15) is 18.4 Å². The third-order valence-corrected chi connectivity index (χ3v) is 4.93. The minimum absolute atomic E-state index is 0.172. The van der Waals surface area contributed by atoms with Crippen LogP contribution in [0.4, 0.5) is 16.2 Å². The summed E-state index contributed by atoms with van der Waals surface area (Å²) in [6, 6.07) is 14.0. The van der Waals surface area contributed by atoms with Gasteiger partial charge in [0.15, 0.2) is 11.5 Å². The average molecular weight is 369 g/mol. The van der Waals surface area contributed by atoms with Crippen LogP contribution in [0.3, 0.4) is 0 Å². The molecular formula is C21H27N3O3. The van der Waals surface area contributed by atoms with Crippen LogP contribution in [0.25, 0.3) is 0 Å². The topological polar surface area (TPSA) is 62.8 Å². The molecule has 0 unspecified atom stereocenters. The van der Waals surface area contributed by atoms with E-state index in [9.17, 15) is 4.79 Å². The lowest BCUT2D eigenvalue weighted by molar-refractivity contribution is 0.246. The number of carbonyl (C=O) groups is 1. The summed E-state index contributed by atoms with van der Waals surface area (Å²) in [6.45, 7) is 3.80. The second kappa shape index (κ2) is 8.66. The highest BCUT2D eigenvalue weighted by molar-refractivity contribution is 5.90. The zero-order valence-corrected chi connectivity index (χ0v) is 16.1. The predicted octanol–water partition coefficient (Wildman–Crippen LogP) is 3.80. The maximum Gasteiger partial charge on any atom is 0.319 e. The molecule has 2 amide bonds. The minimum Gasteiger partial charge on any atom is -0.493 e. The molecule has 144 valence electrons. The van der Waals surface area contributed by atoms with Crippen LogP contribution in [-0.4, -0.2) is 39.4 Å². The summed E-state index contributed by atoms with van der Waals surface area (Å²) in [4.78, 5) is 14.8. The summed E-state index contributed by atoms with van der Waals surface area (Å²) in [6.07, 6.45) is 1.85. The number of amides is 2. The predicted molar refractivity (Wildman–Crippen MR) is 108 cm³/mol. The van der Waals surface area contributed by atoms with E-state index < -0.39 is 0 Å². The number of para-hydroxylation sites is 1. The van der Waals surface area contributed by atoms with Gasteiger partial charge in [-0.25, -0.2) is 4.79 Å². The molecule has 0 atom stereocenters. The second-order valence-corrected chi connectivity index (χ2v) is 6.72. The van der Waals surface area contributed by atoms with Crippen molar-refractivity contribution in [3.63, 3.8) is 0 Å². The van der Waals surface area contributed by atoms with Gasteiger partial charge >= 0.3 is 6.03 Å². The number of hydrogen-bond donors (Lipinski definition) is 2. The molecule has 1 heterocycles. The first-order valence-electron chi connectivity index (χ1n) is 9.21. The molecule has 2 N–H and O–H groups in total. The Morgan fingerprint density at radius 3 is 2.30 bits per heavy atom. The Morgan fingerprint density at radius 1 is 1.04 bits per heavy atom. The number of aryl methyl sites for hydroxylation is 1. The van der Waals surface area contributed by atoms with Gasteiger partial charge in [0.25, 0.3) is 0 Å². The Morgan fingerprint density at radius 2 is 1.67 bits per heavy atom. The first kappa shape index (κ1) is 18.9. The smallest absolute Gasteiger partial charge is 0.319 e. The quantitative estimate of drug-likeness (QED) is 0.841. The van der Waals surface area contributed by atoms with E-state index in [0.29, 0.717) is 17.2 Å². The third kappa shape index (κ3) is 4.64. The van der Waals surface area contributed by atoms with Crippen molar-refractivity contribution in [3.05, 3.63) is 48.0 Å². The summed E-state index contributed by atoms with van der Waals surface area (Å²) >= 11 is 0. The van der Waals surface area contributed by atoms with Gasteiger partial charge in [-0.2, -0.15) is 0 Å².